The maximum Gasteiger partial charge on any atom is 0.308 e. The van der Waals surface area contributed by atoms with Gasteiger partial charge in [0, 0.05) is 40.3 Å². The van der Waals surface area contributed by atoms with Crippen LogP contribution >= 0.6 is 23.2 Å². The molecule has 1 aliphatic rings. The molecule has 0 aliphatic heterocycles. The number of carbonyl (C=O) groups excluding carboxylic acids is 1. The monoisotopic (exact) mass is 624 g/mol. The van der Waals surface area contributed by atoms with E-state index in [0.717, 1.165) is 73.7 Å². The minimum atomic E-state index is -0.872. The van der Waals surface area contributed by atoms with Gasteiger partial charge < -0.3 is 20.1 Å². The van der Waals surface area contributed by atoms with Crippen LogP contribution in [0.4, 0.5) is 0 Å². The first-order valence-electron chi connectivity index (χ1n) is 14.7. The highest BCUT2D eigenvalue weighted by Crippen LogP contribution is 2.40. The summed E-state index contributed by atoms with van der Waals surface area (Å²) in [6, 6.07) is 7.23. The zero-order valence-corrected chi connectivity index (χ0v) is 26.7. The number of halogens is 2. The fourth-order valence-corrected chi connectivity index (χ4v) is 6.76. The van der Waals surface area contributed by atoms with Gasteiger partial charge in [0.1, 0.15) is 11.4 Å². The summed E-state index contributed by atoms with van der Waals surface area (Å²) in [6.07, 6.45) is 4.14. The number of nitrogens with zero attached hydrogens (tertiary/aromatic N) is 2. The van der Waals surface area contributed by atoms with Crippen LogP contribution in [0.2, 0.25) is 10.0 Å². The Morgan fingerprint density at radius 1 is 1.09 bits per heavy atom. The zero-order chi connectivity index (χ0) is 31.0. The molecule has 0 saturated heterocycles. The van der Waals surface area contributed by atoms with Crippen LogP contribution in [-0.2, 0) is 18.3 Å². The first-order chi connectivity index (χ1) is 20.5. The molecular formula is C33H38Cl2N4O4. The summed E-state index contributed by atoms with van der Waals surface area (Å²) in [6.45, 7) is 8.29. The Morgan fingerprint density at radius 3 is 2.44 bits per heavy atom. The zero-order valence-electron chi connectivity index (χ0n) is 25.2. The molecule has 3 N–H and O–H groups in total. The lowest BCUT2D eigenvalue weighted by atomic mass is 9.84. The molecule has 8 nitrogen and oxygen atoms in total. The van der Waals surface area contributed by atoms with Gasteiger partial charge in [0.15, 0.2) is 0 Å². The molecule has 4 aromatic rings. The predicted molar refractivity (Wildman–Crippen MR) is 171 cm³/mol. The van der Waals surface area contributed by atoms with E-state index in [4.69, 9.17) is 27.9 Å². The number of carbonyl (C=O) groups is 2. The summed E-state index contributed by atoms with van der Waals surface area (Å²) < 4.78 is 7.90. The van der Waals surface area contributed by atoms with Gasteiger partial charge in [0.2, 0.25) is 0 Å². The highest BCUT2D eigenvalue weighted by atomic mass is 35.5. The molecule has 10 heteroatoms. The first-order valence-corrected chi connectivity index (χ1v) is 15.5. The second-order valence-electron chi connectivity index (χ2n) is 11.6. The lowest BCUT2D eigenvalue weighted by Gasteiger charge is -2.29. The van der Waals surface area contributed by atoms with Gasteiger partial charge in [0.05, 0.1) is 28.8 Å². The van der Waals surface area contributed by atoms with E-state index >= 15 is 0 Å². The molecule has 2 atom stereocenters. The van der Waals surface area contributed by atoms with Gasteiger partial charge in [-0.05, 0) is 88.3 Å². The molecule has 43 heavy (non-hydrogen) atoms. The molecule has 2 aromatic heterocycles. The number of aliphatic carboxylic acids is 1. The van der Waals surface area contributed by atoms with Gasteiger partial charge in [-0.25, -0.2) is 0 Å². The molecular weight excluding hydrogens is 587 g/mol. The quantitative estimate of drug-likeness (QED) is 0.167. The molecule has 1 aliphatic carbocycles. The molecule has 2 unspecified atom stereocenters. The Kier molecular flexibility index (Phi) is 9.09. The minimum absolute atomic E-state index is 0.309. The number of hydrogen-bond acceptors (Lipinski definition) is 4. The number of aromatic amines is 1. The summed E-state index contributed by atoms with van der Waals surface area (Å²) in [4.78, 5) is 29.2. The van der Waals surface area contributed by atoms with Gasteiger partial charge in [-0.2, -0.15) is 5.10 Å². The van der Waals surface area contributed by atoms with Crippen molar-refractivity contribution in [2.75, 3.05) is 6.61 Å². The maximum absolute atomic E-state index is 13.9. The van der Waals surface area contributed by atoms with Gasteiger partial charge in [-0.3, -0.25) is 14.3 Å². The van der Waals surface area contributed by atoms with Gasteiger partial charge in [-0.1, -0.05) is 42.1 Å². The highest BCUT2D eigenvalue weighted by Gasteiger charge is 2.33. The normalized spacial score (nSPS) is 16.9. The van der Waals surface area contributed by atoms with Crippen LogP contribution in [0.3, 0.4) is 0 Å². The van der Waals surface area contributed by atoms with E-state index in [9.17, 15) is 14.7 Å². The molecule has 1 fully saturated rings. The number of amides is 1. The van der Waals surface area contributed by atoms with Gasteiger partial charge >= 0.3 is 5.97 Å². The Labute approximate surface area is 261 Å². The van der Waals surface area contributed by atoms with Crippen molar-refractivity contribution in [3.8, 4) is 16.9 Å². The number of aromatic nitrogens is 3. The number of benzene rings is 2. The van der Waals surface area contributed by atoms with Crippen LogP contribution in [0, 0.1) is 33.6 Å². The SMILES string of the molecule is Cc1cc(OCCCc2c(C(=O)NC3CCCCC3C(=O)O)[nH]c3c(-c4c(C)nn(C)c4C)c(Cl)ccc23)cc(C)c1Cl. The summed E-state index contributed by atoms with van der Waals surface area (Å²) >= 11 is 13.1. The number of rotatable bonds is 9. The standard InChI is InChI=1S/C33H38Cl2N4O4/c1-17-15-21(16-18(2)29(17)35)43-14-8-10-22-23-12-13-25(34)28(27-19(3)38-39(5)20(27)4)30(23)37-31(22)32(40)36-26-11-7-6-9-24(26)33(41)42/h12-13,15-16,24,26,37H,6-11,14H2,1-5H3,(H,36,40)(H,41,42). The number of ether oxygens (including phenoxy) is 1. The summed E-state index contributed by atoms with van der Waals surface area (Å²) in [5.41, 5.74) is 7.47. The van der Waals surface area contributed by atoms with Crippen molar-refractivity contribution in [3.63, 3.8) is 0 Å². The Hall–Kier alpha value is -3.49. The third-order valence-electron chi connectivity index (χ3n) is 8.67. The molecule has 2 aromatic carbocycles. The maximum atomic E-state index is 13.9. The Balaban J connectivity index is 1.51. The smallest absolute Gasteiger partial charge is 0.308 e. The number of carboxylic acids is 1. The fraction of sp³-hybridized carbons (Fsp3) is 0.424. The summed E-state index contributed by atoms with van der Waals surface area (Å²) in [5, 5.41) is 19.6. The number of aryl methyl sites for hydroxylation is 5. The minimum Gasteiger partial charge on any atom is -0.494 e. The van der Waals surface area contributed by atoms with Crippen molar-refractivity contribution in [1.29, 1.82) is 0 Å². The number of fused-ring (bicyclic) bond motifs is 1. The third-order valence-corrected chi connectivity index (χ3v) is 9.58. The first kappa shape index (κ1) is 31.0. The Morgan fingerprint density at radius 2 is 1.79 bits per heavy atom. The Bertz CT molecular complexity index is 1680. The van der Waals surface area contributed by atoms with Crippen molar-refractivity contribution >= 4 is 46.0 Å². The molecule has 0 spiro atoms. The number of carboxylic acid groups (broad SMARTS) is 1. The summed E-state index contributed by atoms with van der Waals surface area (Å²) in [5.74, 6) is -1.03. The van der Waals surface area contributed by atoms with E-state index in [1.54, 1.807) is 0 Å². The number of hydrogen-bond donors (Lipinski definition) is 3. The van der Waals surface area contributed by atoms with Crippen LogP contribution in [0.5, 0.6) is 5.75 Å². The second-order valence-corrected chi connectivity index (χ2v) is 12.4. The second kappa shape index (κ2) is 12.6. The number of nitrogens with one attached hydrogen (secondary N) is 2. The molecule has 1 amide bonds. The fourth-order valence-electron chi connectivity index (χ4n) is 6.40. The van der Waals surface area contributed by atoms with Crippen LogP contribution < -0.4 is 10.1 Å². The van der Waals surface area contributed by atoms with E-state index in [0.29, 0.717) is 43.0 Å². The van der Waals surface area contributed by atoms with Crippen molar-refractivity contribution < 1.29 is 19.4 Å². The van der Waals surface area contributed by atoms with E-state index in [1.165, 1.54) is 0 Å². The molecule has 228 valence electrons. The molecule has 5 rings (SSSR count). The van der Waals surface area contributed by atoms with E-state index in [-0.39, 0.29) is 5.91 Å². The predicted octanol–water partition coefficient (Wildman–Crippen LogP) is 7.49. The van der Waals surface area contributed by atoms with Crippen LogP contribution in [0.1, 0.15) is 70.7 Å². The lowest BCUT2D eigenvalue weighted by molar-refractivity contribution is -0.143. The third kappa shape index (κ3) is 6.13. The topological polar surface area (TPSA) is 109 Å². The average Bonchev–Trinajstić information content (AvgIpc) is 3.45. The number of H-pyrrole nitrogens is 1. The van der Waals surface area contributed by atoms with Gasteiger partial charge in [0.25, 0.3) is 5.91 Å². The van der Waals surface area contributed by atoms with Crippen LogP contribution in [-0.4, -0.2) is 44.4 Å². The lowest BCUT2D eigenvalue weighted by Crippen LogP contribution is -2.45. The average molecular weight is 626 g/mol. The van der Waals surface area contributed by atoms with E-state index in [1.807, 2.05) is 63.7 Å². The van der Waals surface area contributed by atoms with Gasteiger partial charge in [-0.15, -0.1) is 0 Å². The summed E-state index contributed by atoms with van der Waals surface area (Å²) in [7, 11) is 1.89. The largest absolute Gasteiger partial charge is 0.494 e. The van der Waals surface area contributed by atoms with Crippen molar-refractivity contribution in [3.05, 3.63) is 68.1 Å². The molecule has 0 radical (unpaired) electrons. The van der Waals surface area contributed by atoms with E-state index in [2.05, 4.69) is 15.4 Å². The van der Waals surface area contributed by atoms with Crippen molar-refractivity contribution in [2.45, 2.75) is 72.3 Å². The molecule has 1 saturated carbocycles. The highest BCUT2D eigenvalue weighted by molar-refractivity contribution is 6.35. The van der Waals surface area contributed by atoms with Crippen LogP contribution in [0.25, 0.3) is 22.0 Å². The van der Waals surface area contributed by atoms with Crippen molar-refractivity contribution in [2.24, 2.45) is 13.0 Å². The van der Waals surface area contributed by atoms with Crippen molar-refractivity contribution in [1.82, 2.24) is 20.1 Å². The van der Waals surface area contributed by atoms with E-state index < -0.39 is 17.9 Å². The molecule has 0 bridgehead atoms. The van der Waals surface area contributed by atoms with Crippen LogP contribution in [0.15, 0.2) is 24.3 Å². The molecule has 2 heterocycles.